The van der Waals surface area contributed by atoms with Crippen LogP contribution in [0, 0.1) is 18.8 Å². The molecule has 1 unspecified atom stereocenters. The van der Waals surface area contributed by atoms with Crippen molar-refractivity contribution >= 4 is 17.5 Å². The number of likely N-dealkylation sites (tertiary alicyclic amines) is 1. The van der Waals surface area contributed by atoms with E-state index < -0.39 is 5.60 Å². The Morgan fingerprint density at radius 2 is 1.97 bits per heavy atom. The van der Waals surface area contributed by atoms with Gasteiger partial charge in [-0.15, -0.1) is 0 Å². The van der Waals surface area contributed by atoms with Crippen molar-refractivity contribution in [1.82, 2.24) is 4.90 Å². The molecule has 2 fully saturated rings. The third-order valence-corrected chi connectivity index (χ3v) is 8.42. The van der Waals surface area contributed by atoms with E-state index in [9.17, 15) is 9.90 Å². The van der Waals surface area contributed by atoms with Gasteiger partial charge < -0.3 is 25.2 Å². The monoisotopic (exact) mass is 528 g/mol. The number of amides is 1. The van der Waals surface area contributed by atoms with Gasteiger partial charge in [0.25, 0.3) is 0 Å². The maximum Gasteiger partial charge on any atom is 0.225 e. The number of para-hydroxylation sites is 2. The number of piperidine rings is 1. The van der Waals surface area contributed by atoms with Crippen LogP contribution in [0.5, 0.6) is 11.5 Å². The van der Waals surface area contributed by atoms with Gasteiger partial charge in [0.15, 0.2) is 5.75 Å². The van der Waals surface area contributed by atoms with Crippen LogP contribution in [0.1, 0.15) is 62.5 Å². The summed E-state index contributed by atoms with van der Waals surface area (Å²) < 4.78 is 11.7. The highest BCUT2D eigenvalue weighted by Gasteiger charge is 2.44. The Morgan fingerprint density at radius 1 is 1.16 bits per heavy atom. The first-order chi connectivity index (χ1) is 17.8. The van der Waals surface area contributed by atoms with Gasteiger partial charge in [-0.1, -0.05) is 41.9 Å². The first kappa shape index (κ1) is 27.9. The molecule has 4 atom stereocenters. The van der Waals surface area contributed by atoms with Crippen LogP contribution in [-0.2, 0) is 15.1 Å². The fourth-order valence-electron chi connectivity index (χ4n) is 6.00. The van der Waals surface area contributed by atoms with Crippen LogP contribution >= 0.6 is 11.6 Å². The molecule has 1 saturated heterocycles. The molecule has 0 spiro atoms. The third-order valence-electron chi connectivity index (χ3n) is 8.13. The van der Waals surface area contributed by atoms with Crippen molar-refractivity contribution in [3.8, 4) is 11.5 Å². The zero-order chi connectivity index (χ0) is 26.4. The zero-order valence-corrected chi connectivity index (χ0v) is 22.9. The summed E-state index contributed by atoms with van der Waals surface area (Å²) >= 11 is 6.71. The number of nitrogens with zero attached hydrogens (tertiary/aromatic N) is 1. The van der Waals surface area contributed by atoms with Gasteiger partial charge in [-0.3, -0.25) is 4.79 Å². The predicted octanol–water partition coefficient (Wildman–Crippen LogP) is 5.81. The minimum Gasteiger partial charge on any atom is -0.455 e. The van der Waals surface area contributed by atoms with E-state index in [2.05, 4.69) is 0 Å². The number of carbonyl (C=O) groups is 1. The highest BCUT2D eigenvalue weighted by molar-refractivity contribution is 6.32. The average Bonchev–Trinajstić information content (AvgIpc) is 3.34. The van der Waals surface area contributed by atoms with Crippen LogP contribution in [0.25, 0.3) is 0 Å². The number of unbranched alkanes of at least 4 members (excludes halogenated alkanes) is 1. The molecular formula is C30H41ClN2O4. The van der Waals surface area contributed by atoms with Gasteiger partial charge in [-0.25, -0.2) is 0 Å². The van der Waals surface area contributed by atoms with Crippen molar-refractivity contribution < 1.29 is 19.4 Å². The van der Waals surface area contributed by atoms with E-state index in [-0.39, 0.29) is 23.8 Å². The molecule has 1 aliphatic heterocycles. The van der Waals surface area contributed by atoms with Gasteiger partial charge in [0.05, 0.1) is 10.6 Å². The lowest BCUT2D eigenvalue weighted by atomic mass is 9.73. The maximum atomic E-state index is 13.4. The predicted molar refractivity (Wildman–Crippen MR) is 147 cm³/mol. The second-order valence-corrected chi connectivity index (χ2v) is 11.2. The number of carbonyl (C=O) groups excluding carboxylic acids is 1. The molecule has 1 amide bonds. The van der Waals surface area contributed by atoms with Gasteiger partial charge in [0, 0.05) is 50.2 Å². The number of hydrogen-bond acceptors (Lipinski definition) is 5. The molecule has 2 aromatic carbocycles. The summed E-state index contributed by atoms with van der Waals surface area (Å²) in [5, 5.41) is 13.0. The van der Waals surface area contributed by atoms with E-state index in [0.717, 1.165) is 57.1 Å². The van der Waals surface area contributed by atoms with Crippen molar-refractivity contribution in [2.75, 3.05) is 26.8 Å². The molecule has 3 N–H and O–H groups in total. The van der Waals surface area contributed by atoms with Crippen molar-refractivity contribution in [1.29, 1.82) is 0 Å². The van der Waals surface area contributed by atoms with Crippen molar-refractivity contribution in [2.24, 2.45) is 17.6 Å². The highest BCUT2D eigenvalue weighted by Crippen LogP contribution is 2.47. The van der Waals surface area contributed by atoms with Gasteiger partial charge in [-0.2, -0.15) is 0 Å². The minimum atomic E-state index is -1.21. The number of hydrogen-bond donors (Lipinski definition) is 2. The van der Waals surface area contributed by atoms with Gasteiger partial charge >= 0.3 is 0 Å². The van der Waals surface area contributed by atoms with Crippen LogP contribution in [0.15, 0.2) is 42.5 Å². The molecular weight excluding hydrogens is 488 g/mol. The summed E-state index contributed by atoms with van der Waals surface area (Å²) in [5.41, 5.74) is 6.57. The Bertz CT molecular complexity index is 1060. The van der Waals surface area contributed by atoms with Crippen LogP contribution in [-0.4, -0.2) is 48.8 Å². The number of halogens is 1. The number of rotatable bonds is 10. The molecule has 202 valence electrons. The minimum absolute atomic E-state index is 0.00494. The Labute approximate surface area is 226 Å². The standard InChI is InChI=1S/C30H41ClN2O4/c1-21-9-3-4-13-27(21)37-28-25(11-7-12-26(28)31)30(35,16-5-6-18-36-2)23-10-8-17-33(20-23)29(34)22-14-15-24(32)19-22/h3-4,7,9,11-13,22-24,35H,5-6,8,10,14-20,32H2,1-2H3/t22-,23?,24+,30+/m1/s1. The highest BCUT2D eigenvalue weighted by atomic mass is 35.5. The molecule has 1 aliphatic carbocycles. The van der Waals surface area contributed by atoms with Crippen molar-refractivity contribution in [3.05, 3.63) is 58.6 Å². The Kier molecular flexibility index (Phi) is 9.51. The van der Waals surface area contributed by atoms with Crippen molar-refractivity contribution in [3.63, 3.8) is 0 Å². The summed E-state index contributed by atoms with van der Waals surface area (Å²) in [4.78, 5) is 15.3. The van der Waals surface area contributed by atoms with Crippen LogP contribution < -0.4 is 10.5 Å². The second kappa shape index (κ2) is 12.6. The Balaban J connectivity index is 1.65. The van der Waals surface area contributed by atoms with Crippen LogP contribution in [0.4, 0.5) is 0 Å². The Morgan fingerprint density at radius 3 is 2.70 bits per heavy atom. The number of aliphatic hydroxyl groups is 1. The molecule has 4 rings (SSSR count). The topological polar surface area (TPSA) is 85.0 Å². The largest absolute Gasteiger partial charge is 0.455 e. The number of aryl methyl sites for hydroxylation is 1. The Hall–Kier alpha value is -2.12. The van der Waals surface area contributed by atoms with E-state index in [1.54, 1.807) is 13.2 Å². The van der Waals surface area contributed by atoms with E-state index in [4.69, 9.17) is 26.8 Å². The molecule has 0 radical (unpaired) electrons. The lowest BCUT2D eigenvalue weighted by Crippen LogP contribution is -2.49. The molecule has 0 aromatic heterocycles. The SMILES string of the molecule is COCCCC[C@@](O)(c1cccc(Cl)c1Oc1ccccc1C)C1CCCN(C(=O)[C@@H]2CC[C@H](N)C2)C1. The van der Waals surface area contributed by atoms with Gasteiger partial charge in [-0.05, 0) is 76.0 Å². The lowest BCUT2D eigenvalue weighted by Gasteiger charge is -2.44. The van der Waals surface area contributed by atoms with Gasteiger partial charge in [0.2, 0.25) is 5.91 Å². The fraction of sp³-hybridized carbons (Fsp3) is 0.567. The van der Waals surface area contributed by atoms with E-state index in [0.29, 0.717) is 41.7 Å². The number of ether oxygens (including phenoxy) is 2. The van der Waals surface area contributed by atoms with E-state index in [1.807, 2.05) is 48.2 Å². The molecule has 0 bridgehead atoms. The summed E-state index contributed by atoms with van der Waals surface area (Å²) in [6.45, 7) is 3.86. The maximum absolute atomic E-state index is 13.4. The van der Waals surface area contributed by atoms with Crippen molar-refractivity contribution in [2.45, 2.75) is 69.9 Å². The first-order valence-corrected chi connectivity index (χ1v) is 14.0. The number of methoxy groups -OCH3 is 1. The van der Waals surface area contributed by atoms with Crippen LogP contribution in [0.2, 0.25) is 5.02 Å². The molecule has 6 nitrogen and oxygen atoms in total. The summed E-state index contributed by atoms with van der Waals surface area (Å²) in [6.07, 6.45) is 6.33. The molecule has 37 heavy (non-hydrogen) atoms. The smallest absolute Gasteiger partial charge is 0.225 e. The summed E-state index contributed by atoms with van der Waals surface area (Å²) in [5.74, 6) is 1.23. The average molecular weight is 529 g/mol. The zero-order valence-electron chi connectivity index (χ0n) is 22.1. The van der Waals surface area contributed by atoms with Gasteiger partial charge in [0.1, 0.15) is 5.75 Å². The number of benzene rings is 2. The molecule has 1 saturated carbocycles. The summed E-state index contributed by atoms with van der Waals surface area (Å²) in [7, 11) is 1.69. The molecule has 2 aliphatic rings. The first-order valence-electron chi connectivity index (χ1n) is 13.6. The number of nitrogens with two attached hydrogens (primary N) is 1. The molecule has 7 heteroatoms. The fourth-order valence-corrected chi connectivity index (χ4v) is 6.21. The van der Waals surface area contributed by atoms with E-state index >= 15 is 0 Å². The van der Waals surface area contributed by atoms with Crippen LogP contribution in [0.3, 0.4) is 0 Å². The van der Waals surface area contributed by atoms with E-state index in [1.165, 1.54) is 0 Å². The normalized spacial score (nSPS) is 23.6. The quantitative estimate of drug-likeness (QED) is 0.380. The second-order valence-electron chi connectivity index (χ2n) is 10.8. The lowest BCUT2D eigenvalue weighted by molar-refractivity contribution is -0.141. The summed E-state index contributed by atoms with van der Waals surface area (Å²) in [6, 6.07) is 13.5. The molecule has 1 heterocycles. The molecule has 2 aromatic rings. The third kappa shape index (κ3) is 6.48.